The molecule has 2 rings (SSSR count). The maximum atomic E-state index is 12.8. The van der Waals surface area contributed by atoms with Crippen LogP contribution in [-0.4, -0.2) is 46.0 Å². The molecule has 0 radical (unpaired) electrons. The van der Waals surface area contributed by atoms with Crippen LogP contribution in [0.1, 0.15) is 44.9 Å². The molecule has 1 aliphatic carbocycles. The molecule has 2 unspecified atom stereocenters. The second kappa shape index (κ2) is 6.79. The summed E-state index contributed by atoms with van der Waals surface area (Å²) in [5.41, 5.74) is 0.784. The zero-order valence-corrected chi connectivity index (χ0v) is 15.0. The standard InChI is InChI=1S/C17H29N3O3/c1-9(2)7-20(8-10(3)4)14-15(21)13(16(14)22)12-11(5)18-19(6)17(12)23/h9-10,13-16,18H,7-8H2,1-6H3/q-2. The molecule has 0 aromatic carbocycles. The van der Waals surface area contributed by atoms with Gasteiger partial charge >= 0.3 is 0 Å². The zero-order chi connectivity index (χ0) is 17.5. The normalized spacial score (nSPS) is 28.0. The van der Waals surface area contributed by atoms with Gasteiger partial charge in [-0.2, -0.15) is 0 Å². The van der Waals surface area contributed by atoms with Gasteiger partial charge in [-0.25, -0.2) is 0 Å². The smallest absolute Gasteiger partial charge is 0.269 e. The summed E-state index contributed by atoms with van der Waals surface area (Å²) in [6.45, 7) is 11.6. The number of rotatable bonds is 6. The van der Waals surface area contributed by atoms with Gasteiger partial charge in [-0.15, -0.1) is 12.2 Å². The highest BCUT2D eigenvalue weighted by molar-refractivity contribution is 5.29. The lowest BCUT2D eigenvalue weighted by Gasteiger charge is -2.64. The second-order valence-electron chi connectivity index (χ2n) is 7.70. The number of aryl methyl sites for hydroxylation is 2. The topological polar surface area (TPSA) is 87.1 Å². The summed E-state index contributed by atoms with van der Waals surface area (Å²) in [7, 11) is 1.61. The third kappa shape index (κ3) is 3.39. The van der Waals surface area contributed by atoms with Gasteiger partial charge in [-0.3, -0.25) is 14.6 Å². The Bertz CT molecular complexity index is 570. The molecule has 1 fully saturated rings. The zero-order valence-electron chi connectivity index (χ0n) is 15.0. The number of aromatic amines is 1. The average molecular weight is 323 g/mol. The molecular weight excluding hydrogens is 294 g/mol. The molecule has 132 valence electrons. The van der Waals surface area contributed by atoms with Crippen LogP contribution < -0.4 is 15.8 Å². The Morgan fingerprint density at radius 2 is 1.61 bits per heavy atom. The number of hydrogen-bond donors (Lipinski definition) is 1. The molecule has 0 spiro atoms. The van der Waals surface area contributed by atoms with Gasteiger partial charge < -0.3 is 15.1 Å². The Morgan fingerprint density at radius 3 is 1.96 bits per heavy atom. The van der Waals surface area contributed by atoms with Crippen LogP contribution in [0.4, 0.5) is 0 Å². The molecule has 1 saturated carbocycles. The Balaban J connectivity index is 2.23. The van der Waals surface area contributed by atoms with E-state index < -0.39 is 24.2 Å². The van der Waals surface area contributed by atoms with Crippen molar-refractivity contribution in [3.63, 3.8) is 0 Å². The molecule has 0 saturated heterocycles. The largest absolute Gasteiger partial charge is 0.850 e. The van der Waals surface area contributed by atoms with Gasteiger partial charge in [-0.05, 0) is 30.7 Å². The first-order valence-corrected chi connectivity index (χ1v) is 8.46. The maximum Gasteiger partial charge on any atom is 0.269 e. The number of nitrogens with one attached hydrogen (secondary N) is 1. The molecule has 1 aliphatic rings. The van der Waals surface area contributed by atoms with Crippen LogP contribution in [0, 0.1) is 18.8 Å². The van der Waals surface area contributed by atoms with E-state index in [-0.39, 0.29) is 5.56 Å². The van der Waals surface area contributed by atoms with Crippen LogP contribution in [0.25, 0.3) is 0 Å². The van der Waals surface area contributed by atoms with Crippen LogP contribution in [0.15, 0.2) is 4.79 Å². The van der Waals surface area contributed by atoms with E-state index in [1.807, 2.05) is 4.90 Å². The monoisotopic (exact) mass is 323 g/mol. The fraction of sp³-hybridized carbons (Fsp3) is 0.824. The van der Waals surface area contributed by atoms with Crippen molar-refractivity contribution in [2.75, 3.05) is 13.1 Å². The Morgan fingerprint density at radius 1 is 1.13 bits per heavy atom. The van der Waals surface area contributed by atoms with E-state index in [1.54, 1.807) is 14.0 Å². The summed E-state index contributed by atoms with van der Waals surface area (Å²) in [6.07, 6.45) is -2.06. The van der Waals surface area contributed by atoms with Crippen LogP contribution in [0.2, 0.25) is 0 Å². The fourth-order valence-corrected chi connectivity index (χ4v) is 3.75. The van der Waals surface area contributed by atoms with Gasteiger partial charge in [0.25, 0.3) is 5.56 Å². The van der Waals surface area contributed by atoms with Crippen molar-refractivity contribution >= 4 is 0 Å². The van der Waals surface area contributed by atoms with E-state index in [2.05, 4.69) is 32.8 Å². The Kier molecular flexibility index (Phi) is 5.38. The molecule has 2 atom stereocenters. The Labute approximate surface area is 138 Å². The predicted molar refractivity (Wildman–Crippen MR) is 86.1 cm³/mol. The molecule has 1 aromatic rings. The number of nitrogens with zero attached hydrogens (tertiary/aromatic N) is 2. The van der Waals surface area contributed by atoms with Crippen molar-refractivity contribution in [3.8, 4) is 0 Å². The van der Waals surface area contributed by atoms with Crippen molar-refractivity contribution in [1.29, 1.82) is 0 Å². The highest BCUT2D eigenvalue weighted by atomic mass is 16.3. The molecule has 0 bridgehead atoms. The summed E-state index contributed by atoms with van der Waals surface area (Å²) < 4.78 is 1.34. The predicted octanol–water partition coefficient (Wildman–Crippen LogP) is -0.441. The van der Waals surface area contributed by atoms with E-state index in [4.69, 9.17) is 0 Å². The highest BCUT2D eigenvalue weighted by Crippen LogP contribution is 2.38. The van der Waals surface area contributed by atoms with Crippen molar-refractivity contribution in [1.82, 2.24) is 14.7 Å². The minimum Gasteiger partial charge on any atom is -0.850 e. The van der Waals surface area contributed by atoms with Crippen molar-refractivity contribution in [2.45, 2.75) is 58.8 Å². The van der Waals surface area contributed by atoms with Crippen LogP contribution in [0.5, 0.6) is 0 Å². The minimum absolute atomic E-state index is 0.244. The number of aromatic nitrogens is 2. The summed E-state index contributed by atoms with van der Waals surface area (Å²) in [6, 6.07) is -0.524. The first-order chi connectivity index (χ1) is 10.6. The SMILES string of the molecule is Cc1[nH]n(C)c(=O)c1C1C([O-])C(N(CC(C)C)CC(C)C)C1[O-]. The molecule has 0 aliphatic heterocycles. The van der Waals surface area contributed by atoms with Crippen molar-refractivity contribution in [3.05, 3.63) is 21.6 Å². The van der Waals surface area contributed by atoms with E-state index >= 15 is 0 Å². The highest BCUT2D eigenvalue weighted by Gasteiger charge is 2.43. The van der Waals surface area contributed by atoms with Gasteiger partial charge in [0.1, 0.15) is 0 Å². The maximum absolute atomic E-state index is 12.8. The third-order valence-electron chi connectivity index (χ3n) is 4.61. The molecule has 1 aromatic heterocycles. The summed E-state index contributed by atoms with van der Waals surface area (Å²) in [4.78, 5) is 14.2. The van der Waals surface area contributed by atoms with Gasteiger partial charge in [-0.1, -0.05) is 27.7 Å². The van der Waals surface area contributed by atoms with E-state index in [0.29, 0.717) is 23.1 Å². The third-order valence-corrected chi connectivity index (χ3v) is 4.61. The first kappa shape index (κ1) is 18.2. The fourth-order valence-electron chi connectivity index (χ4n) is 3.75. The average Bonchev–Trinajstić information content (AvgIpc) is 2.64. The first-order valence-electron chi connectivity index (χ1n) is 8.46. The minimum atomic E-state index is -1.03. The van der Waals surface area contributed by atoms with Gasteiger partial charge in [0.05, 0.1) is 0 Å². The lowest BCUT2D eigenvalue weighted by atomic mass is 9.69. The molecule has 1 N–H and O–H groups in total. The van der Waals surface area contributed by atoms with Gasteiger partial charge in [0.15, 0.2) is 0 Å². The van der Waals surface area contributed by atoms with Gasteiger partial charge in [0, 0.05) is 31.4 Å². The van der Waals surface area contributed by atoms with Crippen LogP contribution >= 0.6 is 0 Å². The van der Waals surface area contributed by atoms with Crippen LogP contribution in [-0.2, 0) is 7.05 Å². The summed E-state index contributed by atoms with van der Waals surface area (Å²) >= 11 is 0. The molecule has 23 heavy (non-hydrogen) atoms. The van der Waals surface area contributed by atoms with Crippen molar-refractivity contribution < 1.29 is 10.2 Å². The van der Waals surface area contributed by atoms with Crippen LogP contribution in [0.3, 0.4) is 0 Å². The molecule has 0 amide bonds. The molecule has 1 heterocycles. The molecule has 6 heteroatoms. The quantitative estimate of drug-likeness (QED) is 0.769. The Hall–Kier alpha value is -1.11. The number of hydrogen-bond acceptors (Lipinski definition) is 4. The number of H-pyrrole nitrogens is 1. The summed E-state index contributed by atoms with van der Waals surface area (Å²) in [5.74, 6) is 0.0647. The van der Waals surface area contributed by atoms with Crippen molar-refractivity contribution in [2.24, 2.45) is 18.9 Å². The van der Waals surface area contributed by atoms with Gasteiger partial charge in [0.2, 0.25) is 0 Å². The lowest BCUT2D eigenvalue weighted by molar-refractivity contribution is -0.545. The van der Waals surface area contributed by atoms with E-state index in [9.17, 15) is 15.0 Å². The van der Waals surface area contributed by atoms with E-state index in [1.165, 1.54) is 4.68 Å². The lowest BCUT2D eigenvalue weighted by Crippen LogP contribution is -2.75. The van der Waals surface area contributed by atoms with E-state index in [0.717, 1.165) is 13.1 Å². The second-order valence-corrected chi connectivity index (χ2v) is 7.70. The molecule has 6 nitrogen and oxygen atoms in total. The molecular formula is C17H29N3O3-2. The summed E-state index contributed by atoms with van der Waals surface area (Å²) in [5, 5.41) is 28.4.